The quantitative estimate of drug-likeness (QED) is 0.829. The molecule has 4 nitrogen and oxygen atoms in total. The molecule has 0 spiro atoms. The lowest BCUT2D eigenvalue weighted by Crippen LogP contribution is -2.12. The summed E-state index contributed by atoms with van der Waals surface area (Å²) in [7, 11) is 1.63. The van der Waals surface area contributed by atoms with Crippen molar-refractivity contribution in [1.82, 2.24) is 0 Å². The van der Waals surface area contributed by atoms with Gasteiger partial charge in [0.25, 0.3) is 0 Å². The average molecular weight is 284 g/mol. The second kappa shape index (κ2) is 6.79. The number of hydrogen-bond donors (Lipinski definition) is 2. The maximum Gasteiger partial charge on any atom is 0.224 e. The fraction of sp³-hybridized carbons (Fsp3) is 0.235. The van der Waals surface area contributed by atoms with E-state index >= 15 is 0 Å². The van der Waals surface area contributed by atoms with Crippen LogP contribution >= 0.6 is 0 Å². The van der Waals surface area contributed by atoms with Crippen molar-refractivity contribution in [2.24, 2.45) is 0 Å². The molecule has 0 aliphatic carbocycles. The van der Waals surface area contributed by atoms with Crippen LogP contribution in [-0.2, 0) is 11.2 Å². The van der Waals surface area contributed by atoms with Crippen LogP contribution in [0.2, 0.25) is 0 Å². The number of nitrogens with two attached hydrogens (primary N) is 1. The van der Waals surface area contributed by atoms with E-state index < -0.39 is 0 Å². The van der Waals surface area contributed by atoms with Crippen LogP contribution in [0.1, 0.15) is 17.5 Å². The highest BCUT2D eigenvalue weighted by Crippen LogP contribution is 2.21. The Morgan fingerprint density at radius 2 is 2.00 bits per heavy atom. The summed E-state index contributed by atoms with van der Waals surface area (Å²) in [5, 5.41) is 2.89. The summed E-state index contributed by atoms with van der Waals surface area (Å²) in [5.74, 6) is 0.785. The van der Waals surface area contributed by atoms with Gasteiger partial charge < -0.3 is 15.8 Å². The molecule has 0 aliphatic rings. The molecule has 0 bridgehead atoms. The third-order valence-electron chi connectivity index (χ3n) is 3.36. The number of rotatable bonds is 5. The first-order valence-corrected chi connectivity index (χ1v) is 6.88. The predicted molar refractivity (Wildman–Crippen MR) is 85.5 cm³/mol. The number of para-hydroxylation sites is 1. The van der Waals surface area contributed by atoms with Gasteiger partial charge in [0.15, 0.2) is 0 Å². The smallest absolute Gasteiger partial charge is 0.224 e. The van der Waals surface area contributed by atoms with E-state index in [9.17, 15) is 4.79 Å². The molecule has 4 heteroatoms. The van der Waals surface area contributed by atoms with E-state index in [-0.39, 0.29) is 5.91 Å². The van der Waals surface area contributed by atoms with Crippen LogP contribution in [0.5, 0.6) is 5.75 Å². The third-order valence-corrected chi connectivity index (χ3v) is 3.36. The first-order chi connectivity index (χ1) is 10.1. The highest BCUT2D eigenvalue weighted by atomic mass is 16.5. The third kappa shape index (κ3) is 3.99. The lowest BCUT2D eigenvalue weighted by atomic mass is 10.1. The molecule has 0 saturated carbocycles. The first-order valence-electron chi connectivity index (χ1n) is 6.88. The number of carbonyl (C=O) groups excluding carboxylic acids is 1. The molecule has 110 valence electrons. The molecule has 0 radical (unpaired) electrons. The van der Waals surface area contributed by atoms with Crippen LogP contribution in [0, 0.1) is 6.92 Å². The minimum absolute atomic E-state index is 0.0252. The Bertz CT molecular complexity index is 638. The Morgan fingerprint density at radius 1 is 1.24 bits per heavy atom. The molecule has 0 atom stereocenters. The number of aryl methyl sites for hydroxylation is 2. The highest BCUT2D eigenvalue weighted by molar-refractivity contribution is 5.91. The van der Waals surface area contributed by atoms with Crippen molar-refractivity contribution < 1.29 is 9.53 Å². The fourth-order valence-electron chi connectivity index (χ4n) is 2.19. The summed E-state index contributed by atoms with van der Waals surface area (Å²) in [6.07, 6.45) is 1.03. The number of benzene rings is 2. The standard InChI is InChI=1S/C17H20N2O2/c1-12-11-14(8-9-16(12)21-2)19-17(20)10-7-13-5-3-4-6-15(13)18/h3-6,8-9,11H,7,10,18H2,1-2H3,(H,19,20). The molecular formula is C17H20N2O2. The van der Waals surface area contributed by atoms with Crippen molar-refractivity contribution in [2.75, 3.05) is 18.2 Å². The summed E-state index contributed by atoms with van der Waals surface area (Å²) < 4.78 is 5.20. The molecule has 2 rings (SSSR count). The number of nitrogens with one attached hydrogen (secondary N) is 1. The number of hydrogen-bond acceptors (Lipinski definition) is 3. The summed E-state index contributed by atoms with van der Waals surface area (Å²) in [5.41, 5.74) is 9.36. The molecule has 0 heterocycles. The summed E-state index contributed by atoms with van der Waals surface area (Å²) in [4.78, 5) is 12.0. The molecular weight excluding hydrogens is 264 g/mol. The largest absolute Gasteiger partial charge is 0.496 e. The number of methoxy groups -OCH3 is 1. The zero-order chi connectivity index (χ0) is 15.2. The van der Waals surface area contributed by atoms with Crippen LogP contribution in [0.25, 0.3) is 0 Å². The first kappa shape index (κ1) is 14.9. The maximum atomic E-state index is 12.0. The summed E-state index contributed by atoms with van der Waals surface area (Å²) in [6.45, 7) is 1.94. The van der Waals surface area contributed by atoms with Gasteiger partial charge in [-0.25, -0.2) is 0 Å². The van der Waals surface area contributed by atoms with E-state index in [0.29, 0.717) is 12.8 Å². The second-order valence-corrected chi connectivity index (χ2v) is 4.93. The number of carbonyl (C=O) groups is 1. The van der Waals surface area contributed by atoms with Gasteiger partial charge >= 0.3 is 0 Å². The molecule has 0 saturated heterocycles. The van der Waals surface area contributed by atoms with E-state index in [1.807, 2.05) is 49.4 Å². The van der Waals surface area contributed by atoms with Gasteiger partial charge in [-0.2, -0.15) is 0 Å². The van der Waals surface area contributed by atoms with Crippen LogP contribution in [0.4, 0.5) is 11.4 Å². The zero-order valence-corrected chi connectivity index (χ0v) is 12.3. The Balaban J connectivity index is 1.93. The monoisotopic (exact) mass is 284 g/mol. The van der Waals surface area contributed by atoms with Crippen molar-refractivity contribution in [3.63, 3.8) is 0 Å². The molecule has 0 unspecified atom stereocenters. The minimum Gasteiger partial charge on any atom is -0.496 e. The van der Waals surface area contributed by atoms with Crippen LogP contribution in [-0.4, -0.2) is 13.0 Å². The van der Waals surface area contributed by atoms with Gasteiger partial charge in [0, 0.05) is 17.8 Å². The lowest BCUT2D eigenvalue weighted by molar-refractivity contribution is -0.116. The van der Waals surface area contributed by atoms with Crippen molar-refractivity contribution in [3.05, 3.63) is 53.6 Å². The van der Waals surface area contributed by atoms with Gasteiger partial charge in [-0.1, -0.05) is 18.2 Å². The zero-order valence-electron chi connectivity index (χ0n) is 12.3. The van der Waals surface area contributed by atoms with Crippen molar-refractivity contribution >= 4 is 17.3 Å². The molecule has 2 aromatic carbocycles. The predicted octanol–water partition coefficient (Wildman–Crippen LogP) is 3.16. The van der Waals surface area contributed by atoms with E-state index in [1.54, 1.807) is 7.11 Å². The van der Waals surface area contributed by atoms with Crippen LogP contribution < -0.4 is 15.8 Å². The fourth-order valence-corrected chi connectivity index (χ4v) is 2.19. The number of ether oxygens (including phenoxy) is 1. The summed E-state index contributed by atoms with van der Waals surface area (Å²) >= 11 is 0. The molecule has 0 aliphatic heterocycles. The van der Waals surface area contributed by atoms with Crippen molar-refractivity contribution in [3.8, 4) is 5.75 Å². The molecule has 0 aromatic heterocycles. The van der Waals surface area contributed by atoms with Crippen molar-refractivity contribution in [2.45, 2.75) is 19.8 Å². The lowest BCUT2D eigenvalue weighted by Gasteiger charge is -2.09. The Morgan fingerprint density at radius 3 is 2.67 bits per heavy atom. The molecule has 1 amide bonds. The van der Waals surface area contributed by atoms with Gasteiger partial charge in [-0.3, -0.25) is 4.79 Å². The van der Waals surface area contributed by atoms with Gasteiger partial charge in [-0.15, -0.1) is 0 Å². The van der Waals surface area contributed by atoms with Crippen LogP contribution in [0.15, 0.2) is 42.5 Å². The Kier molecular flexibility index (Phi) is 4.82. The van der Waals surface area contributed by atoms with E-state index in [4.69, 9.17) is 10.5 Å². The normalized spacial score (nSPS) is 10.2. The molecule has 21 heavy (non-hydrogen) atoms. The molecule has 3 N–H and O–H groups in total. The van der Waals surface area contributed by atoms with E-state index in [0.717, 1.165) is 28.3 Å². The highest BCUT2D eigenvalue weighted by Gasteiger charge is 2.06. The number of anilines is 2. The average Bonchev–Trinajstić information content (AvgIpc) is 2.46. The van der Waals surface area contributed by atoms with Gasteiger partial charge in [-0.05, 0) is 48.7 Å². The molecule has 2 aromatic rings. The van der Waals surface area contributed by atoms with Gasteiger partial charge in [0.2, 0.25) is 5.91 Å². The number of nitrogen functional groups attached to an aromatic ring is 1. The van der Waals surface area contributed by atoms with E-state index in [2.05, 4.69) is 5.32 Å². The number of amides is 1. The summed E-state index contributed by atoms with van der Waals surface area (Å²) in [6, 6.07) is 13.2. The molecule has 0 fully saturated rings. The topological polar surface area (TPSA) is 64.3 Å². The van der Waals surface area contributed by atoms with Crippen LogP contribution in [0.3, 0.4) is 0 Å². The van der Waals surface area contributed by atoms with Gasteiger partial charge in [0.1, 0.15) is 5.75 Å². The Hall–Kier alpha value is -2.49. The SMILES string of the molecule is COc1ccc(NC(=O)CCc2ccccc2N)cc1C. The Labute approximate surface area is 124 Å². The van der Waals surface area contributed by atoms with Crippen molar-refractivity contribution in [1.29, 1.82) is 0 Å². The minimum atomic E-state index is -0.0252. The maximum absolute atomic E-state index is 12.0. The second-order valence-electron chi connectivity index (χ2n) is 4.93. The van der Waals surface area contributed by atoms with E-state index in [1.165, 1.54) is 0 Å². The van der Waals surface area contributed by atoms with Gasteiger partial charge in [0.05, 0.1) is 7.11 Å².